The van der Waals surface area contributed by atoms with Gasteiger partial charge in [-0.05, 0) is 37.8 Å². The number of thiazole rings is 1. The van der Waals surface area contributed by atoms with Crippen LogP contribution in [0, 0.1) is 0 Å². The second kappa shape index (κ2) is 5.98. The zero-order chi connectivity index (χ0) is 16.7. The van der Waals surface area contributed by atoms with Crippen molar-refractivity contribution in [3.8, 4) is 0 Å². The van der Waals surface area contributed by atoms with Gasteiger partial charge in [0.05, 0.1) is 5.69 Å². The van der Waals surface area contributed by atoms with E-state index in [0.717, 1.165) is 31.4 Å². The molecule has 2 aliphatic rings. The number of amides is 1. The van der Waals surface area contributed by atoms with Gasteiger partial charge in [0.2, 0.25) is 5.09 Å². The largest absolute Gasteiger partial charge is 0.438 e. The summed E-state index contributed by atoms with van der Waals surface area (Å²) in [5, 5.41) is 4.92. The van der Waals surface area contributed by atoms with E-state index >= 15 is 0 Å². The smallest absolute Gasteiger partial charge is 0.293 e. The quantitative estimate of drug-likeness (QED) is 0.877. The Morgan fingerprint density at radius 2 is 2.04 bits per heavy atom. The molecule has 4 rings (SSSR count). The highest BCUT2D eigenvalue weighted by Gasteiger charge is 2.31. The fourth-order valence-corrected chi connectivity index (χ4v) is 4.92. The van der Waals surface area contributed by atoms with Crippen LogP contribution in [0.4, 0.5) is 5.13 Å². The highest BCUT2D eigenvalue weighted by Crippen LogP contribution is 2.40. The van der Waals surface area contributed by atoms with Gasteiger partial charge in [0.1, 0.15) is 0 Å². The molecule has 0 spiro atoms. The molecule has 0 radical (unpaired) electrons. The number of hydrogen-bond donors (Lipinski definition) is 1. The number of aromatic nitrogens is 1. The summed E-state index contributed by atoms with van der Waals surface area (Å²) in [6.45, 7) is 0.987. The summed E-state index contributed by atoms with van der Waals surface area (Å²) < 4.78 is 31.5. The number of carbonyl (C=O) groups excluding carboxylic acids is 1. The fraction of sp³-hybridized carbons (Fsp3) is 0.467. The number of rotatable bonds is 5. The maximum Gasteiger partial charge on any atom is 0.293 e. The van der Waals surface area contributed by atoms with Crippen molar-refractivity contribution in [2.45, 2.75) is 36.7 Å². The molecule has 1 N–H and O–H groups in total. The van der Waals surface area contributed by atoms with Gasteiger partial charge in [-0.25, -0.2) is 13.4 Å². The molecule has 1 saturated heterocycles. The zero-order valence-corrected chi connectivity index (χ0v) is 14.5. The Morgan fingerprint density at radius 3 is 2.75 bits per heavy atom. The van der Waals surface area contributed by atoms with Crippen LogP contribution in [-0.2, 0) is 10.0 Å². The molecule has 0 unspecified atom stereocenters. The van der Waals surface area contributed by atoms with Crippen LogP contribution in [0.5, 0.6) is 0 Å². The fourth-order valence-electron chi connectivity index (χ4n) is 2.71. The van der Waals surface area contributed by atoms with Gasteiger partial charge in [-0.1, -0.05) is 0 Å². The minimum Gasteiger partial charge on any atom is -0.438 e. The normalized spacial score (nSPS) is 18.8. The first-order valence-electron chi connectivity index (χ1n) is 7.91. The van der Waals surface area contributed by atoms with Gasteiger partial charge in [-0.15, -0.1) is 11.3 Å². The standard InChI is InChI=1S/C15H17N3O4S2/c19-14(17-15-16-11(9-23-15)10-3-4-10)12-5-6-13(22-12)24(20,21)18-7-1-2-8-18/h5-6,9-10H,1-4,7-8H2,(H,16,17,19). The molecule has 128 valence electrons. The number of carbonyl (C=O) groups is 1. The van der Waals surface area contributed by atoms with Gasteiger partial charge < -0.3 is 4.42 Å². The molecular formula is C15H17N3O4S2. The number of anilines is 1. The third-order valence-corrected chi connectivity index (χ3v) is 6.75. The second-order valence-electron chi connectivity index (χ2n) is 6.04. The molecule has 24 heavy (non-hydrogen) atoms. The molecule has 3 heterocycles. The van der Waals surface area contributed by atoms with Crippen molar-refractivity contribution in [1.29, 1.82) is 0 Å². The summed E-state index contributed by atoms with van der Waals surface area (Å²) in [4.78, 5) is 16.6. The molecule has 0 aromatic carbocycles. The number of sulfonamides is 1. The first kappa shape index (κ1) is 15.8. The van der Waals surface area contributed by atoms with Crippen molar-refractivity contribution in [2.24, 2.45) is 0 Å². The average molecular weight is 367 g/mol. The van der Waals surface area contributed by atoms with Crippen LogP contribution in [-0.4, -0.2) is 36.7 Å². The van der Waals surface area contributed by atoms with Crippen molar-refractivity contribution in [2.75, 3.05) is 18.4 Å². The van der Waals surface area contributed by atoms with Gasteiger partial charge >= 0.3 is 0 Å². The van der Waals surface area contributed by atoms with Crippen LogP contribution in [0.2, 0.25) is 0 Å². The van der Waals surface area contributed by atoms with Gasteiger partial charge in [0, 0.05) is 24.4 Å². The molecule has 1 amide bonds. The Bertz CT molecular complexity index is 861. The van der Waals surface area contributed by atoms with Crippen LogP contribution in [0.15, 0.2) is 27.0 Å². The minimum absolute atomic E-state index is 0.0315. The first-order valence-corrected chi connectivity index (χ1v) is 10.2. The Kier molecular flexibility index (Phi) is 3.93. The van der Waals surface area contributed by atoms with E-state index in [-0.39, 0.29) is 10.9 Å². The van der Waals surface area contributed by atoms with Crippen molar-refractivity contribution in [1.82, 2.24) is 9.29 Å². The van der Waals surface area contributed by atoms with E-state index < -0.39 is 15.9 Å². The van der Waals surface area contributed by atoms with Crippen molar-refractivity contribution < 1.29 is 17.6 Å². The monoisotopic (exact) mass is 367 g/mol. The minimum atomic E-state index is -3.65. The maximum atomic E-state index is 12.4. The van der Waals surface area contributed by atoms with Gasteiger partial charge in [-0.2, -0.15) is 4.31 Å². The van der Waals surface area contributed by atoms with E-state index in [1.165, 1.54) is 27.8 Å². The Labute approximate surface area is 143 Å². The lowest BCUT2D eigenvalue weighted by Gasteiger charge is -2.12. The Morgan fingerprint density at radius 1 is 1.29 bits per heavy atom. The number of furan rings is 1. The van der Waals surface area contributed by atoms with E-state index in [4.69, 9.17) is 4.42 Å². The average Bonchev–Trinajstić information content (AvgIpc) is 3.05. The van der Waals surface area contributed by atoms with Crippen LogP contribution in [0.3, 0.4) is 0 Å². The lowest BCUT2D eigenvalue weighted by Crippen LogP contribution is -2.27. The molecule has 1 aliphatic carbocycles. The summed E-state index contributed by atoms with van der Waals surface area (Å²) in [7, 11) is -3.65. The first-order chi connectivity index (χ1) is 11.5. The molecule has 9 heteroatoms. The van der Waals surface area contributed by atoms with E-state index in [2.05, 4.69) is 10.3 Å². The second-order valence-corrected chi connectivity index (χ2v) is 8.76. The highest BCUT2D eigenvalue weighted by molar-refractivity contribution is 7.89. The molecule has 1 aliphatic heterocycles. The van der Waals surface area contributed by atoms with E-state index in [1.54, 1.807) is 0 Å². The topological polar surface area (TPSA) is 92.5 Å². The lowest BCUT2D eigenvalue weighted by atomic mass is 10.3. The lowest BCUT2D eigenvalue weighted by molar-refractivity contribution is 0.0991. The summed E-state index contributed by atoms with van der Waals surface area (Å²) in [5.74, 6) is -0.00163. The third kappa shape index (κ3) is 2.99. The molecule has 7 nitrogen and oxygen atoms in total. The summed E-state index contributed by atoms with van der Waals surface area (Å²) >= 11 is 1.36. The molecular weight excluding hydrogens is 350 g/mol. The SMILES string of the molecule is O=C(Nc1nc(C2CC2)cs1)c1ccc(S(=O)(=O)N2CCCC2)o1. The number of nitrogens with one attached hydrogen (secondary N) is 1. The molecule has 2 fully saturated rings. The predicted molar refractivity (Wildman–Crippen MR) is 88.7 cm³/mol. The van der Waals surface area contributed by atoms with Crippen LogP contribution >= 0.6 is 11.3 Å². The van der Waals surface area contributed by atoms with Crippen molar-refractivity contribution >= 4 is 32.4 Å². The van der Waals surface area contributed by atoms with Crippen LogP contribution < -0.4 is 5.32 Å². The van der Waals surface area contributed by atoms with E-state index in [1.807, 2.05) is 5.38 Å². The van der Waals surface area contributed by atoms with Crippen molar-refractivity contribution in [3.63, 3.8) is 0 Å². The maximum absolute atomic E-state index is 12.4. The Balaban J connectivity index is 1.48. The number of nitrogens with zero attached hydrogens (tertiary/aromatic N) is 2. The molecule has 0 bridgehead atoms. The van der Waals surface area contributed by atoms with Crippen LogP contribution in [0.1, 0.15) is 47.8 Å². The molecule has 1 saturated carbocycles. The van der Waals surface area contributed by atoms with E-state index in [9.17, 15) is 13.2 Å². The molecule has 2 aromatic heterocycles. The van der Waals surface area contributed by atoms with Crippen molar-refractivity contribution in [3.05, 3.63) is 29.0 Å². The Hall–Kier alpha value is -1.71. The summed E-state index contributed by atoms with van der Waals surface area (Å²) in [5.41, 5.74) is 1.01. The predicted octanol–water partition coefficient (Wildman–Crippen LogP) is 2.65. The van der Waals surface area contributed by atoms with Gasteiger partial charge in [0.15, 0.2) is 10.9 Å². The molecule has 2 aromatic rings. The summed E-state index contributed by atoms with van der Waals surface area (Å²) in [6, 6.07) is 2.72. The van der Waals surface area contributed by atoms with E-state index in [0.29, 0.717) is 24.1 Å². The zero-order valence-electron chi connectivity index (χ0n) is 12.9. The van der Waals surface area contributed by atoms with Gasteiger partial charge in [0.25, 0.3) is 15.9 Å². The molecule has 0 atom stereocenters. The van der Waals surface area contributed by atoms with Gasteiger partial charge in [-0.3, -0.25) is 10.1 Å². The van der Waals surface area contributed by atoms with Crippen LogP contribution in [0.25, 0.3) is 0 Å². The highest BCUT2D eigenvalue weighted by atomic mass is 32.2. The summed E-state index contributed by atoms with van der Waals surface area (Å²) in [6.07, 6.45) is 3.99. The number of hydrogen-bond acceptors (Lipinski definition) is 6. The third-order valence-electron chi connectivity index (χ3n) is 4.20.